The molecule has 1 aromatic rings. The van der Waals surface area contributed by atoms with Crippen LogP contribution in [0.15, 0.2) is 18.3 Å². The van der Waals surface area contributed by atoms with Crippen molar-refractivity contribution in [2.45, 2.75) is 44.6 Å². The number of aliphatic carboxylic acids is 1. The summed E-state index contributed by atoms with van der Waals surface area (Å²) in [4.78, 5) is 27.1. The maximum Gasteiger partial charge on any atom is 0.326 e. The van der Waals surface area contributed by atoms with E-state index in [2.05, 4.69) is 10.3 Å². The highest BCUT2D eigenvalue weighted by atomic mass is 35.5. The molecule has 1 aromatic heterocycles. The highest BCUT2D eigenvalue weighted by molar-refractivity contribution is 6.29. The normalized spacial score (nSPS) is 16.6. The molecule has 0 aliphatic heterocycles. The monoisotopic (exact) mass is 310 g/mol. The van der Waals surface area contributed by atoms with Crippen molar-refractivity contribution in [1.82, 2.24) is 10.3 Å². The molecular formula is C15H19ClN2O3. The van der Waals surface area contributed by atoms with E-state index in [1.54, 1.807) is 12.1 Å². The van der Waals surface area contributed by atoms with Crippen LogP contribution in [0, 0.1) is 5.92 Å². The van der Waals surface area contributed by atoms with Gasteiger partial charge in [0.1, 0.15) is 11.2 Å². The van der Waals surface area contributed by atoms with Gasteiger partial charge in [-0.25, -0.2) is 9.78 Å². The van der Waals surface area contributed by atoms with Gasteiger partial charge in [0.25, 0.3) is 0 Å². The Balaban J connectivity index is 1.90. The zero-order valence-corrected chi connectivity index (χ0v) is 12.5. The maximum atomic E-state index is 11.9. The predicted octanol–water partition coefficient (Wildman–Crippen LogP) is 2.43. The van der Waals surface area contributed by atoms with E-state index in [1.807, 2.05) is 0 Å². The SMILES string of the molecule is O=C(CC1CCCC1)N[C@@H](Cc1ccc(Cl)nc1)C(=O)O. The molecule has 1 amide bonds. The summed E-state index contributed by atoms with van der Waals surface area (Å²) in [6.07, 6.45) is 6.60. The Morgan fingerprint density at radius 1 is 1.38 bits per heavy atom. The number of rotatable bonds is 6. The highest BCUT2D eigenvalue weighted by Gasteiger charge is 2.23. The molecule has 1 atom stereocenters. The summed E-state index contributed by atoms with van der Waals surface area (Å²) in [7, 11) is 0. The van der Waals surface area contributed by atoms with E-state index in [-0.39, 0.29) is 12.3 Å². The van der Waals surface area contributed by atoms with Gasteiger partial charge in [-0.1, -0.05) is 30.5 Å². The van der Waals surface area contributed by atoms with Crippen LogP contribution in [-0.2, 0) is 16.0 Å². The fourth-order valence-electron chi connectivity index (χ4n) is 2.69. The van der Waals surface area contributed by atoms with Crippen molar-refractivity contribution in [1.29, 1.82) is 0 Å². The van der Waals surface area contributed by atoms with Crippen molar-refractivity contribution in [3.63, 3.8) is 0 Å². The second-order valence-electron chi connectivity index (χ2n) is 5.51. The Kier molecular flexibility index (Phi) is 5.56. The first-order valence-electron chi connectivity index (χ1n) is 7.17. The second kappa shape index (κ2) is 7.41. The number of hydrogen-bond acceptors (Lipinski definition) is 3. The van der Waals surface area contributed by atoms with Crippen molar-refractivity contribution in [2.75, 3.05) is 0 Å². The van der Waals surface area contributed by atoms with Crippen molar-refractivity contribution in [2.24, 2.45) is 5.92 Å². The average molecular weight is 311 g/mol. The molecule has 5 nitrogen and oxygen atoms in total. The molecule has 1 fully saturated rings. The number of aromatic nitrogens is 1. The summed E-state index contributed by atoms with van der Waals surface area (Å²) in [5, 5.41) is 12.2. The van der Waals surface area contributed by atoms with Gasteiger partial charge in [-0.05, 0) is 30.4 Å². The molecule has 114 valence electrons. The van der Waals surface area contributed by atoms with Gasteiger partial charge in [0.05, 0.1) is 0 Å². The van der Waals surface area contributed by atoms with E-state index in [0.717, 1.165) is 31.2 Å². The van der Waals surface area contributed by atoms with E-state index in [4.69, 9.17) is 11.6 Å². The molecular weight excluding hydrogens is 292 g/mol. The molecule has 2 N–H and O–H groups in total. The number of amides is 1. The smallest absolute Gasteiger partial charge is 0.326 e. The van der Waals surface area contributed by atoms with Gasteiger partial charge in [0.15, 0.2) is 0 Å². The lowest BCUT2D eigenvalue weighted by atomic mass is 10.0. The molecule has 0 unspecified atom stereocenters. The lowest BCUT2D eigenvalue weighted by Gasteiger charge is -2.16. The van der Waals surface area contributed by atoms with Crippen LogP contribution in [0.4, 0.5) is 0 Å². The summed E-state index contributed by atoms with van der Waals surface area (Å²) < 4.78 is 0. The van der Waals surface area contributed by atoms with Crippen LogP contribution in [0.3, 0.4) is 0 Å². The zero-order chi connectivity index (χ0) is 15.2. The highest BCUT2D eigenvalue weighted by Crippen LogP contribution is 2.27. The molecule has 0 aromatic carbocycles. The van der Waals surface area contributed by atoms with Crippen molar-refractivity contribution in [3.8, 4) is 0 Å². The average Bonchev–Trinajstić information content (AvgIpc) is 2.93. The van der Waals surface area contributed by atoms with Crippen LogP contribution < -0.4 is 5.32 Å². The van der Waals surface area contributed by atoms with Crippen LogP contribution in [0.2, 0.25) is 5.15 Å². The fourth-order valence-corrected chi connectivity index (χ4v) is 2.80. The van der Waals surface area contributed by atoms with E-state index in [1.165, 1.54) is 6.20 Å². The molecule has 0 radical (unpaired) electrons. The number of halogens is 1. The number of hydrogen-bond donors (Lipinski definition) is 2. The number of carboxylic acids is 1. The number of nitrogens with one attached hydrogen (secondary N) is 1. The Morgan fingerprint density at radius 2 is 2.10 bits per heavy atom. The number of carboxylic acid groups (broad SMARTS) is 1. The van der Waals surface area contributed by atoms with Gasteiger partial charge >= 0.3 is 5.97 Å². The molecule has 0 bridgehead atoms. The summed E-state index contributed by atoms with van der Waals surface area (Å²) in [5.41, 5.74) is 0.730. The summed E-state index contributed by atoms with van der Waals surface area (Å²) in [6.45, 7) is 0. The van der Waals surface area contributed by atoms with Crippen LogP contribution >= 0.6 is 11.6 Å². The van der Waals surface area contributed by atoms with Gasteiger partial charge in [-0.2, -0.15) is 0 Å². The minimum Gasteiger partial charge on any atom is -0.480 e. The van der Waals surface area contributed by atoms with Crippen LogP contribution in [-0.4, -0.2) is 28.0 Å². The summed E-state index contributed by atoms with van der Waals surface area (Å²) >= 11 is 5.69. The summed E-state index contributed by atoms with van der Waals surface area (Å²) in [5.74, 6) is -0.822. The Labute approximate surface area is 128 Å². The zero-order valence-electron chi connectivity index (χ0n) is 11.7. The molecule has 1 aliphatic rings. The molecule has 21 heavy (non-hydrogen) atoms. The Bertz CT molecular complexity index is 498. The largest absolute Gasteiger partial charge is 0.480 e. The van der Waals surface area contributed by atoms with Gasteiger partial charge < -0.3 is 10.4 Å². The fraction of sp³-hybridized carbons (Fsp3) is 0.533. The third kappa shape index (κ3) is 5.01. The third-order valence-electron chi connectivity index (χ3n) is 3.81. The van der Waals surface area contributed by atoms with Gasteiger partial charge in [0.2, 0.25) is 5.91 Å². The van der Waals surface area contributed by atoms with Crippen molar-refractivity contribution >= 4 is 23.5 Å². The number of carbonyl (C=O) groups excluding carboxylic acids is 1. The lowest BCUT2D eigenvalue weighted by molar-refractivity contribution is -0.141. The van der Waals surface area contributed by atoms with Crippen LogP contribution in [0.1, 0.15) is 37.7 Å². The van der Waals surface area contributed by atoms with E-state index in [0.29, 0.717) is 17.5 Å². The first kappa shape index (κ1) is 15.8. The van der Waals surface area contributed by atoms with Crippen molar-refractivity contribution < 1.29 is 14.7 Å². The minimum absolute atomic E-state index is 0.184. The standard InChI is InChI=1S/C15H19ClN2O3/c16-13-6-5-11(9-17-13)7-12(15(20)21)18-14(19)8-10-3-1-2-4-10/h5-6,9-10,12H,1-4,7-8H2,(H,18,19)(H,20,21)/t12-/m0/s1. The molecule has 2 rings (SSSR count). The van der Waals surface area contributed by atoms with Crippen LogP contribution in [0.25, 0.3) is 0 Å². The topological polar surface area (TPSA) is 79.3 Å². The molecule has 0 saturated heterocycles. The molecule has 1 aliphatic carbocycles. The van der Waals surface area contributed by atoms with Crippen molar-refractivity contribution in [3.05, 3.63) is 29.0 Å². The second-order valence-corrected chi connectivity index (χ2v) is 5.89. The molecule has 1 heterocycles. The summed E-state index contributed by atoms with van der Waals surface area (Å²) in [6, 6.07) is 2.40. The van der Waals surface area contributed by atoms with Gasteiger partial charge in [-0.15, -0.1) is 0 Å². The first-order chi connectivity index (χ1) is 10.0. The Hall–Kier alpha value is -1.62. The molecule has 0 spiro atoms. The third-order valence-corrected chi connectivity index (χ3v) is 4.03. The first-order valence-corrected chi connectivity index (χ1v) is 7.55. The van der Waals surface area contributed by atoms with Crippen LogP contribution in [0.5, 0.6) is 0 Å². The molecule has 6 heteroatoms. The Morgan fingerprint density at radius 3 is 2.67 bits per heavy atom. The molecule has 1 saturated carbocycles. The maximum absolute atomic E-state index is 11.9. The van der Waals surface area contributed by atoms with Gasteiger partial charge in [0, 0.05) is 19.0 Å². The number of nitrogens with zero attached hydrogens (tertiary/aromatic N) is 1. The van der Waals surface area contributed by atoms with E-state index >= 15 is 0 Å². The number of pyridine rings is 1. The van der Waals surface area contributed by atoms with E-state index in [9.17, 15) is 14.7 Å². The predicted molar refractivity (Wildman–Crippen MR) is 79.1 cm³/mol. The number of carbonyl (C=O) groups is 2. The van der Waals surface area contributed by atoms with E-state index < -0.39 is 12.0 Å². The lowest BCUT2D eigenvalue weighted by Crippen LogP contribution is -2.42. The quantitative estimate of drug-likeness (QED) is 0.791. The van der Waals surface area contributed by atoms with Gasteiger partial charge in [-0.3, -0.25) is 4.79 Å². The minimum atomic E-state index is -1.04.